The molecule has 0 radical (unpaired) electrons. The van der Waals surface area contributed by atoms with Crippen LogP contribution < -0.4 is 25.0 Å². The zero-order valence-corrected chi connectivity index (χ0v) is 29.1. The minimum atomic E-state index is -0.413. The summed E-state index contributed by atoms with van der Waals surface area (Å²) < 4.78 is 12.0. The summed E-state index contributed by atoms with van der Waals surface area (Å²) >= 11 is 0. The van der Waals surface area contributed by atoms with Gasteiger partial charge in [-0.2, -0.15) is 4.98 Å². The van der Waals surface area contributed by atoms with Crippen LogP contribution in [0.2, 0.25) is 0 Å². The highest BCUT2D eigenvalue weighted by atomic mass is 16.5. The predicted octanol–water partition coefficient (Wildman–Crippen LogP) is 6.52. The number of ether oxygens (including phenoxy) is 2. The Morgan fingerprint density at radius 1 is 0.939 bits per heavy atom. The standard InChI is InChI=1S/C38H45N7O4/c1-7-44(8-2)34(46)19-13-28-12-18-32(33(24-28)48-6)49-37-31(36(47)41-35-26(3)10-9-11-27(35)4)25-39-38(42-37)40-29-14-16-30(17-15-29)45-22-20-43(5)21-23-45/h9-19,24-25H,7-8,20-23H2,1-6H3,(H,41,47)(H,39,40,42)/b19-13+. The number of benzene rings is 3. The second-order valence-electron chi connectivity index (χ2n) is 12.0. The monoisotopic (exact) mass is 663 g/mol. The molecule has 256 valence electrons. The van der Waals surface area contributed by atoms with E-state index in [-0.39, 0.29) is 23.3 Å². The first-order chi connectivity index (χ1) is 23.7. The van der Waals surface area contributed by atoms with Crippen LogP contribution in [0.3, 0.4) is 0 Å². The zero-order chi connectivity index (χ0) is 34.9. The van der Waals surface area contributed by atoms with E-state index in [1.807, 2.05) is 64.1 Å². The molecule has 49 heavy (non-hydrogen) atoms. The number of hydrogen-bond donors (Lipinski definition) is 2. The molecule has 1 saturated heterocycles. The van der Waals surface area contributed by atoms with Crippen LogP contribution in [0.4, 0.5) is 23.0 Å². The van der Waals surface area contributed by atoms with E-state index in [1.54, 1.807) is 29.2 Å². The van der Waals surface area contributed by atoms with E-state index in [1.165, 1.54) is 13.3 Å². The maximum Gasteiger partial charge on any atom is 0.262 e. The molecule has 1 aliphatic rings. The molecule has 4 aromatic rings. The average molecular weight is 664 g/mol. The van der Waals surface area contributed by atoms with Crippen molar-refractivity contribution in [1.29, 1.82) is 0 Å². The lowest BCUT2D eigenvalue weighted by atomic mass is 10.1. The van der Waals surface area contributed by atoms with Crippen molar-refractivity contribution in [2.45, 2.75) is 27.7 Å². The number of carbonyl (C=O) groups is 2. The van der Waals surface area contributed by atoms with Gasteiger partial charge in [-0.1, -0.05) is 24.3 Å². The SMILES string of the molecule is CCN(CC)C(=O)/C=C/c1ccc(Oc2nc(Nc3ccc(N4CCN(C)CC4)cc3)ncc2C(=O)Nc2c(C)cccc2C)c(OC)c1. The minimum absolute atomic E-state index is 0.0496. The highest BCUT2D eigenvalue weighted by Crippen LogP contribution is 2.34. The summed E-state index contributed by atoms with van der Waals surface area (Å²) in [6, 6.07) is 19.2. The van der Waals surface area contributed by atoms with Crippen LogP contribution in [0.15, 0.2) is 72.9 Å². The number of piperazine rings is 1. The summed E-state index contributed by atoms with van der Waals surface area (Å²) in [7, 11) is 3.67. The number of likely N-dealkylation sites (N-methyl/N-ethyl adjacent to an activating group) is 2. The maximum atomic E-state index is 13.7. The summed E-state index contributed by atoms with van der Waals surface area (Å²) in [4.78, 5) is 41.7. The zero-order valence-electron chi connectivity index (χ0n) is 29.1. The largest absolute Gasteiger partial charge is 0.493 e. The summed E-state index contributed by atoms with van der Waals surface area (Å²) in [6.07, 6.45) is 4.73. The van der Waals surface area contributed by atoms with Gasteiger partial charge in [0.25, 0.3) is 5.91 Å². The molecule has 1 fully saturated rings. The molecule has 11 nitrogen and oxygen atoms in total. The third-order valence-corrected chi connectivity index (χ3v) is 8.60. The third-order valence-electron chi connectivity index (χ3n) is 8.60. The summed E-state index contributed by atoms with van der Waals surface area (Å²) in [5.41, 5.74) is 5.43. The molecular formula is C38H45N7O4. The number of anilines is 4. The second kappa shape index (κ2) is 16.1. The molecular weight excluding hydrogens is 618 g/mol. The Morgan fingerprint density at radius 2 is 1.63 bits per heavy atom. The van der Waals surface area contributed by atoms with E-state index in [0.717, 1.165) is 54.2 Å². The number of carbonyl (C=O) groups excluding carboxylic acids is 2. The van der Waals surface area contributed by atoms with Crippen molar-refractivity contribution < 1.29 is 19.1 Å². The highest BCUT2D eigenvalue weighted by molar-refractivity contribution is 6.06. The first kappa shape index (κ1) is 34.9. The number of aromatic nitrogens is 2. The normalized spacial score (nSPS) is 13.3. The Morgan fingerprint density at radius 3 is 2.29 bits per heavy atom. The van der Waals surface area contributed by atoms with Gasteiger partial charge in [-0.25, -0.2) is 4.98 Å². The Balaban J connectivity index is 1.42. The topological polar surface area (TPSA) is 112 Å². The number of rotatable bonds is 12. The lowest BCUT2D eigenvalue weighted by Gasteiger charge is -2.34. The molecule has 0 bridgehead atoms. The van der Waals surface area contributed by atoms with Gasteiger partial charge in [-0.3, -0.25) is 9.59 Å². The van der Waals surface area contributed by atoms with Crippen LogP contribution in [0.1, 0.15) is 40.9 Å². The van der Waals surface area contributed by atoms with Crippen LogP contribution in [-0.2, 0) is 4.79 Å². The van der Waals surface area contributed by atoms with E-state index < -0.39 is 5.91 Å². The quantitative estimate of drug-likeness (QED) is 0.164. The Hall–Kier alpha value is -5.42. The van der Waals surface area contributed by atoms with Gasteiger partial charge >= 0.3 is 0 Å². The van der Waals surface area contributed by atoms with Gasteiger partial charge in [0.15, 0.2) is 11.5 Å². The Labute approximate surface area is 288 Å². The van der Waals surface area contributed by atoms with E-state index >= 15 is 0 Å². The first-order valence-corrected chi connectivity index (χ1v) is 16.6. The van der Waals surface area contributed by atoms with Crippen LogP contribution in [-0.4, -0.2) is 85.0 Å². The molecule has 1 aromatic heterocycles. The van der Waals surface area contributed by atoms with E-state index in [0.29, 0.717) is 30.3 Å². The van der Waals surface area contributed by atoms with Gasteiger partial charge in [0.1, 0.15) is 5.56 Å². The third kappa shape index (κ3) is 8.74. The maximum absolute atomic E-state index is 13.7. The summed E-state index contributed by atoms with van der Waals surface area (Å²) in [5, 5.41) is 6.26. The van der Waals surface area contributed by atoms with Crippen LogP contribution in [0.25, 0.3) is 6.08 Å². The molecule has 1 aliphatic heterocycles. The van der Waals surface area contributed by atoms with Crippen LogP contribution in [0.5, 0.6) is 17.4 Å². The van der Waals surface area contributed by atoms with Gasteiger partial charge in [0.2, 0.25) is 17.7 Å². The van der Waals surface area contributed by atoms with Crippen molar-refractivity contribution in [1.82, 2.24) is 19.8 Å². The molecule has 11 heteroatoms. The van der Waals surface area contributed by atoms with Crippen molar-refractivity contribution in [3.05, 3.63) is 95.2 Å². The molecule has 0 saturated carbocycles. The van der Waals surface area contributed by atoms with Crippen LogP contribution >= 0.6 is 0 Å². The lowest BCUT2D eigenvalue weighted by Crippen LogP contribution is -2.44. The number of para-hydroxylation sites is 1. The number of amides is 2. The van der Waals surface area contributed by atoms with Crippen molar-refractivity contribution in [3.63, 3.8) is 0 Å². The molecule has 2 amide bonds. The fourth-order valence-electron chi connectivity index (χ4n) is 5.59. The van der Waals surface area contributed by atoms with E-state index in [4.69, 9.17) is 9.47 Å². The minimum Gasteiger partial charge on any atom is -0.493 e. The molecule has 0 spiro atoms. The number of hydrogen-bond acceptors (Lipinski definition) is 9. The van der Waals surface area contributed by atoms with Gasteiger partial charge in [0, 0.05) is 68.6 Å². The predicted molar refractivity (Wildman–Crippen MR) is 195 cm³/mol. The van der Waals surface area contributed by atoms with Gasteiger partial charge in [-0.15, -0.1) is 0 Å². The number of nitrogens with one attached hydrogen (secondary N) is 2. The molecule has 2 heterocycles. The smallest absolute Gasteiger partial charge is 0.262 e. The Kier molecular flexibility index (Phi) is 11.5. The molecule has 3 aromatic carbocycles. The van der Waals surface area contributed by atoms with Crippen molar-refractivity contribution in [3.8, 4) is 17.4 Å². The van der Waals surface area contributed by atoms with E-state index in [2.05, 4.69) is 49.6 Å². The van der Waals surface area contributed by atoms with Crippen LogP contribution in [0, 0.1) is 13.8 Å². The molecule has 2 N–H and O–H groups in total. The first-order valence-electron chi connectivity index (χ1n) is 16.6. The van der Waals surface area contributed by atoms with E-state index in [9.17, 15) is 9.59 Å². The van der Waals surface area contributed by atoms with Gasteiger partial charge in [-0.05, 0) is 93.9 Å². The average Bonchev–Trinajstić information content (AvgIpc) is 3.10. The molecule has 5 rings (SSSR count). The fraction of sp³-hybridized carbons (Fsp3) is 0.316. The number of methoxy groups -OCH3 is 1. The van der Waals surface area contributed by atoms with Gasteiger partial charge in [0.05, 0.1) is 7.11 Å². The number of nitrogens with zero attached hydrogens (tertiary/aromatic N) is 5. The molecule has 0 atom stereocenters. The van der Waals surface area contributed by atoms with Crippen molar-refractivity contribution in [2.75, 3.05) is 69.0 Å². The molecule has 0 unspecified atom stereocenters. The highest BCUT2D eigenvalue weighted by Gasteiger charge is 2.21. The lowest BCUT2D eigenvalue weighted by molar-refractivity contribution is -0.125. The second-order valence-corrected chi connectivity index (χ2v) is 12.0. The number of aryl methyl sites for hydroxylation is 2. The molecule has 0 aliphatic carbocycles. The van der Waals surface area contributed by atoms with Crippen molar-refractivity contribution in [2.24, 2.45) is 0 Å². The summed E-state index contributed by atoms with van der Waals surface area (Å²) in [5.74, 6) is 0.582. The summed E-state index contributed by atoms with van der Waals surface area (Å²) in [6.45, 7) is 13.0. The fourth-order valence-corrected chi connectivity index (χ4v) is 5.59. The van der Waals surface area contributed by atoms with Crippen molar-refractivity contribution >= 4 is 40.9 Å². The Bertz CT molecular complexity index is 1780. The van der Waals surface area contributed by atoms with Gasteiger partial charge < -0.3 is 34.8 Å².